The van der Waals surface area contributed by atoms with Crippen LogP contribution in [-0.2, 0) is 17.8 Å². The van der Waals surface area contributed by atoms with E-state index in [9.17, 15) is 0 Å². The van der Waals surface area contributed by atoms with Gasteiger partial charge in [0.25, 0.3) is 0 Å². The van der Waals surface area contributed by atoms with E-state index in [4.69, 9.17) is 15.2 Å². The third-order valence-corrected chi connectivity index (χ3v) is 2.56. The molecule has 0 saturated carbocycles. The second kappa shape index (κ2) is 5.29. The predicted molar refractivity (Wildman–Crippen MR) is 64.1 cm³/mol. The molecule has 0 aliphatic carbocycles. The molecule has 17 heavy (non-hydrogen) atoms. The normalized spacial score (nSPS) is 16.2. The minimum atomic E-state index is 0.0592. The van der Waals surface area contributed by atoms with Crippen molar-refractivity contribution in [2.45, 2.75) is 26.0 Å². The zero-order valence-corrected chi connectivity index (χ0v) is 10.2. The molecule has 3 N–H and O–H groups in total. The summed E-state index contributed by atoms with van der Waals surface area (Å²) < 4.78 is 10.6. The first-order valence-corrected chi connectivity index (χ1v) is 5.71. The molecule has 0 saturated heterocycles. The summed E-state index contributed by atoms with van der Waals surface area (Å²) in [6, 6.07) is 0.0592. The molecule has 6 nitrogen and oxygen atoms in total. The summed E-state index contributed by atoms with van der Waals surface area (Å²) >= 11 is 0. The number of aromatic nitrogens is 2. The Morgan fingerprint density at radius 3 is 3.06 bits per heavy atom. The number of hydrogen-bond donors (Lipinski definition) is 2. The van der Waals surface area contributed by atoms with E-state index in [2.05, 4.69) is 15.3 Å². The predicted octanol–water partition coefficient (Wildman–Crippen LogP) is 0.317. The van der Waals surface area contributed by atoms with Gasteiger partial charge in [0.1, 0.15) is 0 Å². The molecule has 0 aromatic carbocycles. The van der Waals surface area contributed by atoms with Crippen molar-refractivity contribution in [3.63, 3.8) is 0 Å². The quantitative estimate of drug-likeness (QED) is 0.786. The van der Waals surface area contributed by atoms with Gasteiger partial charge in [-0.15, -0.1) is 0 Å². The number of anilines is 1. The van der Waals surface area contributed by atoms with Gasteiger partial charge in [0, 0.05) is 19.0 Å². The fourth-order valence-corrected chi connectivity index (χ4v) is 1.70. The Morgan fingerprint density at radius 2 is 2.35 bits per heavy atom. The van der Waals surface area contributed by atoms with E-state index < -0.39 is 0 Å². The second-order valence-corrected chi connectivity index (χ2v) is 4.14. The smallest absolute Gasteiger partial charge is 0.226 e. The van der Waals surface area contributed by atoms with Crippen molar-refractivity contribution < 1.29 is 9.47 Å². The van der Waals surface area contributed by atoms with Crippen LogP contribution in [0.15, 0.2) is 0 Å². The third kappa shape index (κ3) is 2.83. The van der Waals surface area contributed by atoms with Crippen LogP contribution in [0.5, 0.6) is 5.88 Å². The Kier molecular flexibility index (Phi) is 3.75. The number of nitrogens with two attached hydrogens (primary N) is 1. The minimum absolute atomic E-state index is 0.0592. The Hall–Kier alpha value is -1.40. The van der Waals surface area contributed by atoms with E-state index in [-0.39, 0.29) is 6.04 Å². The van der Waals surface area contributed by atoms with Gasteiger partial charge in [-0.05, 0) is 6.92 Å². The Bertz CT molecular complexity index is 378. The molecule has 1 aromatic heterocycles. The number of nitrogens with one attached hydrogen (secondary N) is 1. The molecule has 0 spiro atoms. The lowest BCUT2D eigenvalue weighted by Crippen LogP contribution is -2.26. The fraction of sp³-hybridized carbons (Fsp3) is 0.636. The molecule has 2 rings (SSSR count). The van der Waals surface area contributed by atoms with E-state index in [0.29, 0.717) is 31.6 Å². The van der Waals surface area contributed by atoms with E-state index in [1.165, 1.54) is 0 Å². The van der Waals surface area contributed by atoms with Gasteiger partial charge < -0.3 is 20.5 Å². The van der Waals surface area contributed by atoms with Crippen molar-refractivity contribution >= 4 is 5.95 Å². The van der Waals surface area contributed by atoms with Crippen molar-refractivity contribution in [3.8, 4) is 5.88 Å². The Labute approximate surface area is 101 Å². The van der Waals surface area contributed by atoms with Crippen LogP contribution in [0.25, 0.3) is 0 Å². The van der Waals surface area contributed by atoms with Crippen LogP contribution in [0.4, 0.5) is 5.95 Å². The van der Waals surface area contributed by atoms with Crippen LogP contribution in [0, 0.1) is 0 Å². The molecule has 1 aliphatic heterocycles. The van der Waals surface area contributed by atoms with Crippen molar-refractivity contribution in [2.24, 2.45) is 5.73 Å². The highest BCUT2D eigenvalue weighted by atomic mass is 16.5. The molecular formula is C11H18N4O2. The minimum Gasteiger partial charge on any atom is -0.481 e. The molecule has 0 fully saturated rings. The molecule has 1 atom stereocenters. The van der Waals surface area contributed by atoms with Gasteiger partial charge in [-0.25, -0.2) is 4.98 Å². The lowest BCUT2D eigenvalue weighted by atomic mass is 10.1. The molecule has 0 bridgehead atoms. The number of rotatable bonds is 4. The van der Waals surface area contributed by atoms with Crippen LogP contribution < -0.4 is 15.8 Å². The number of nitrogens with zero attached hydrogens (tertiary/aromatic N) is 2. The van der Waals surface area contributed by atoms with Crippen LogP contribution in [0.1, 0.15) is 18.2 Å². The number of fused-ring (bicyclic) bond motifs is 1. The molecule has 6 heteroatoms. The highest BCUT2D eigenvalue weighted by Crippen LogP contribution is 2.24. The number of ether oxygens (including phenoxy) is 2. The molecule has 0 radical (unpaired) electrons. The summed E-state index contributed by atoms with van der Waals surface area (Å²) in [6.07, 6.45) is 0.793. The summed E-state index contributed by atoms with van der Waals surface area (Å²) in [7, 11) is 1.60. The van der Waals surface area contributed by atoms with E-state index in [1.807, 2.05) is 6.92 Å². The highest BCUT2D eigenvalue weighted by molar-refractivity contribution is 5.39. The average Bonchev–Trinajstić information content (AvgIpc) is 2.35. The maximum Gasteiger partial charge on any atom is 0.226 e. The summed E-state index contributed by atoms with van der Waals surface area (Å²) in [5, 5.41) is 3.10. The van der Waals surface area contributed by atoms with Gasteiger partial charge in [0.15, 0.2) is 0 Å². The maximum absolute atomic E-state index is 5.68. The molecular weight excluding hydrogens is 220 g/mol. The van der Waals surface area contributed by atoms with E-state index in [1.54, 1.807) is 7.11 Å². The van der Waals surface area contributed by atoms with Crippen molar-refractivity contribution in [1.29, 1.82) is 0 Å². The molecule has 94 valence electrons. The van der Waals surface area contributed by atoms with Crippen LogP contribution in [0.3, 0.4) is 0 Å². The van der Waals surface area contributed by atoms with Crippen molar-refractivity contribution in [1.82, 2.24) is 9.97 Å². The largest absolute Gasteiger partial charge is 0.481 e. The lowest BCUT2D eigenvalue weighted by Gasteiger charge is -2.19. The first-order chi connectivity index (χ1) is 8.20. The van der Waals surface area contributed by atoms with Crippen molar-refractivity contribution in [2.75, 3.05) is 25.6 Å². The fourth-order valence-electron chi connectivity index (χ4n) is 1.70. The van der Waals surface area contributed by atoms with Gasteiger partial charge in [0.2, 0.25) is 11.8 Å². The summed E-state index contributed by atoms with van der Waals surface area (Å²) in [5.41, 5.74) is 7.62. The third-order valence-electron chi connectivity index (χ3n) is 2.56. The van der Waals surface area contributed by atoms with Gasteiger partial charge >= 0.3 is 0 Å². The van der Waals surface area contributed by atoms with Gasteiger partial charge in [-0.3, -0.25) is 0 Å². The first kappa shape index (κ1) is 12.1. The Morgan fingerprint density at radius 1 is 1.53 bits per heavy atom. The number of methoxy groups -OCH3 is 1. The van der Waals surface area contributed by atoms with E-state index >= 15 is 0 Å². The lowest BCUT2D eigenvalue weighted by molar-refractivity contribution is 0.106. The summed E-state index contributed by atoms with van der Waals surface area (Å²) in [4.78, 5) is 8.75. The van der Waals surface area contributed by atoms with E-state index in [0.717, 1.165) is 17.7 Å². The zero-order chi connectivity index (χ0) is 12.3. The second-order valence-electron chi connectivity index (χ2n) is 4.14. The highest BCUT2D eigenvalue weighted by Gasteiger charge is 2.18. The van der Waals surface area contributed by atoms with Gasteiger partial charge in [-0.2, -0.15) is 4.98 Å². The monoisotopic (exact) mass is 238 g/mol. The zero-order valence-electron chi connectivity index (χ0n) is 10.2. The molecule has 2 heterocycles. The topological polar surface area (TPSA) is 82.3 Å². The molecule has 1 aliphatic rings. The van der Waals surface area contributed by atoms with Crippen LogP contribution >= 0.6 is 0 Å². The van der Waals surface area contributed by atoms with Gasteiger partial charge in [0.05, 0.1) is 31.6 Å². The van der Waals surface area contributed by atoms with Crippen LogP contribution in [-0.4, -0.2) is 36.3 Å². The summed E-state index contributed by atoms with van der Waals surface area (Å²) in [5.74, 6) is 1.15. The summed E-state index contributed by atoms with van der Waals surface area (Å²) in [6.45, 7) is 3.78. The molecule has 1 aromatic rings. The van der Waals surface area contributed by atoms with Gasteiger partial charge in [-0.1, -0.05) is 0 Å². The standard InChI is InChI=1S/C11H18N4O2/c1-7(12)5-13-11-14-9-3-4-17-6-8(9)10(15-11)16-2/h7H,3-6,12H2,1-2H3,(H,13,14,15). The molecule has 1 unspecified atom stereocenters. The Balaban J connectivity index is 2.23. The maximum atomic E-state index is 5.68. The van der Waals surface area contributed by atoms with Crippen molar-refractivity contribution in [3.05, 3.63) is 11.3 Å². The average molecular weight is 238 g/mol. The van der Waals surface area contributed by atoms with Crippen LogP contribution in [0.2, 0.25) is 0 Å². The number of hydrogen-bond acceptors (Lipinski definition) is 6. The molecule has 0 amide bonds. The SMILES string of the molecule is COc1nc(NCC(C)N)nc2c1COCC2. The first-order valence-electron chi connectivity index (χ1n) is 5.71.